The van der Waals surface area contributed by atoms with Crippen molar-refractivity contribution in [1.82, 2.24) is 5.09 Å². The molecule has 1 atom stereocenters. The van der Waals surface area contributed by atoms with Crippen molar-refractivity contribution in [1.29, 1.82) is 0 Å². The lowest BCUT2D eigenvalue weighted by Crippen LogP contribution is -2.34. The second kappa shape index (κ2) is 3.20. The van der Waals surface area contributed by atoms with E-state index in [1.54, 1.807) is 0 Å². The van der Waals surface area contributed by atoms with Gasteiger partial charge in [0.15, 0.2) is 0 Å². The van der Waals surface area contributed by atoms with Crippen LogP contribution in [-0.2, 0) is 9.09 Å². The van der Waals surface area contributed by atoms with Crippen LogP contribution in [0.4, 0.5) is 0 Å². The van der Waals surface area contributed by atoms with Gasteiger partial charge in [0.1, 0.15) is 0 Å². The Morgan fingerprint density at radius 3 is 2.50 bits per heavy atom. The summed E-state index contributed by atoms with van der Waals surface area (Å²) in [6, 6.07) is 9.29. The summed E-state index contributed by atoms with van der Waals surface area (Å²) in [5, 5.41) is 3.80. The maximum atomic E-state index is 12.3. The van der Waals surface area contributed by atoms with Crippen molar-refractivity contribution in [2.45, 2.75) is 19.4 Å². The first-order valence-electron chi connectivity index (χ1n) is 4.62. The van der Waals surface area contributed by atoms with Gasteiger partial charge in [-0.25, -0.2) is 5.09 Å². The minimum absolute atomic E-state index is 0.203. The summed E-state index contributed by atoms with van der Waals surface area (Å²) in [6.07, 6.45) is 0. The first kappa shape index (κ1) is 9.91. The Balaban J connectivity index is 2.33. The quantitative estimate of drug-likeness (QED) is 0.721. The molecule has 1 fully saturated rings. The Bertz CT molecular complexity index is 375. The molecule has 0 aromatic heterocycles. The first-order chi connectivity index (χ1) is 6.52. The second-order valence-electron chi connectivity index (χ2n) is 4.16. The van der Waals surface area contributed by atoms with Crippen LogP contribution in [0.3, 0.4) is 0 Å². The van der Waals surface area contributed by atoms with Crippen LogP contribution in [0.2, 0.25) is 0 Å². The highest BCUT2D eigenvalue weighted by molar-refractivity contribution is 7.65. The molecule has 14 heavy (non-hydrogen) atoms. The van der Waals surface area contributed by atoms with Crippen molar-refractivity contribution in [2.75, 3.05) is 6.61 Å². The summed E-state index contributed by atoms with van der Waals surface area (Å²) in [5.74, 6) is 0. The molecule has 2 rings (SSSR count). The van der Waals surface area contributed by atoms with E-state index in [1.165, 1.54) is 0 Å². The van der Waals surface area contributed by atoms with E-state index < -0.39 is 7.52 Å². The molecule has 0 bridgehead atoms. The molecule has 0 saturated carbocycles. The normalized spacial score (nSPS) is 30.4. The third kappa shape index (κ3) is 1.76. The molecule has 1 aromatic rings. The van der Waals surface area contributed by atoms with Crippen molar-refractivity contribution in [3.8, 4) is 0 Å². The predicted octanol–water partition coefficient (Wildman–Crippen LogP) is 1.90. The predicted molar refractivity (Wildman–Crippen MR) is 56.8 cm³/mol. The fraction of sp³-hybridized carbons (Fsp3) is 0.400. The Labute approximate surface area is 84.0 Å². The fourth-order valence-corrected chi connectivity index (χ4v) is 3.75. The Morgan fingerprint density at radius 1 is 1.36 bits per heavy atom. The SMILES string of the molecule is CC1(C)CO[P@](=O)(c2ccccc2)N1. The van der Waals surface area contributed by atoms with Gasteiger partial charge in [0.05, 0.1) is 11.9 Å². The van der Waals surface area contributed by atoms with E-state index in [9.17, 15) is 4.57 Å². The lowest BCUT2D eigenvalue weighted by atomic mass is 10.1. The lowest BCUT2D eigenvalue weighted by Gasteiger charge is -2.16. The highest BCUT2D eigenvalue weighted by atomic mass is 31.2. The molecular weight excluding hydrogens is 197 g/mol. The maximum absolute atomic E-state index is 12.3. The van der Waals surface area contributed by atoms with Gasteiger partial charge in [-0.2, -0.15) is 0 Å². The van der Waals surface area contributed by atoms with E-state index in [-0.39, 0.29) is 5.54 Å². The molecule has 1 aliphatic heterocycles. The molecular formula is C10H14NO2P. The molecule has 4 heteroatoms. The van der Waals surface area contributed by atoms with E-state index in [2.05, 4.69) is 5.09 Å². The van der Waals surface area contributed by atoms with Gasteiger partial charge < -0.3 is 4.52 Å². The van der Waals surface area contributed by atoms with E-state index in [4.69, 9.17) is 4.52 Å². The van der Waals surface area contributed by atoms with Gasteiger partial charge in [0, 0.05) is 5.54 Å². The standard InChI is InChI=1S/C10H14NO2P/c1-10(2)8-13-14(12,11-10)9-6-4-3-5-7-9/h3-7H,8H2,1-2H3,(H,11,12)/t14-/m1/s1. The number of hydrogen-bond donors (Lipinski definition) is 1. The van der Waals surface area contributed by atoms with E-state index in [0.717, 1.165) is 5.30 Å². The van der Waals surface area contributed by atoms with E-state index >= 15 is 0 Å². The van der Waals surface area contributed by atoms with Gasteiger partial charge in [0.2, 0.25) is 0 Å². The molecule has 1 aromatic carbocycles. The van der Waals surface area contributed by atoms with Crippen LogP contribution in [0.1, 0.15) is 13.8 Å². The topological polar surface area (TPSA) is 38.3 Å². The van der Waals surface area contributed by atoms with Crippen molar-refractivity contribution < 1.29 is 9.09 Å². The third-order valence-corrected chi connectivity index (χ3v) is 4.52. The zero-order valence-electron chi connectivity index (χ0n) is 8.36. The number of rotatable bonds is 1. The second-order valence-corrected chi connectivity index (χ2v) is 6.26. The van der Waals surface area contributed by atoms with Crippen LogP contribution < -0.4 is 10.4 Å². The summed E-state index contributed by atoms with van der Waals surface area (Å²) in [5.41, 5.74) is -0.203. The minimum Gasteiger partial charge on any atom is -0.312 e. The number of benzene rings is 1. The number of nitrogens with one attached hydrogen (secondary N) is 1. The Hall–Kier alpha value is -0.630. The van der Waals surface area contributed by atoms with Gasteiger partial charge in [-0.15, -0.1) is 0 Å². The molecule has 0 unspecified atom stereocenters. The van der Waals surface area contributed by atoms with Gasteiger partial charge >= 0.3 is 0 Å². The van der Waals surface area contributed by atoms with Crippen molar-refractivity contribution in [2.24, 2.45) is 0 Å². The van der Waals surface area contributed by atoms with Gasteiger partial charge in [-0.05, 0) is 26.0 Å². The summed E-state index contributed by atoms with van der Waals surface area (Å²) < 4.78 is 17.7. The smallest absolute Gasteiger partial charge is 0.300 e. The molecule has 0 amide bonds. The molecule has 0 spiro atoms. The summed E-state index contributed by atoms with van der Waals surface area (Å²) in [4.78, 5) is 0. The molecule has 76 valence electrons. The number of hydrogen-bond acceptors (Lipinski definition) is 2. The average molecular weight is 211 g/mol. The zero-order valence-corrected chi connectivity index (χ0v) is 9.25. The monoisotopic (exact) mass is 211 g/mol. The first-order valence-corrected chi connectivity index (χ1v) is 6.24. The van der Waals surface area contributed by atoms with Crippen LogP contribution in [0.5, 0.6) is 0 Å². The van der Waals surface area contributed by atoms with Crippen LogP contribution in [0.25, 0.3) is 0 Å². The Morgan fingerprint density at radius 2 is 2.00 bits per heavy atom. The van der Waals surface area contributed by atoms with Crippen LogP contribution in [0, 0.1) is 0 Å². The van der Waals surface area contributed by atoms with Gasteiger partial charge in [-0.1, -0.05) is 18.2 Å². The fourth-order valence-electron chi connectivity index (χ4n) is 1.48. The van der Waals surface area contributed by atoms with Crippen LogP contribution >= 0.6 is 7.52 Å². The summed E-state index contributed by atoms with van der Waals surface area (Å²) in [7, 11) is -2.79. The lowest BCUT2D eigenvalue weighted by molar-refractivity contribution is 0.297. The molecule has 1 aliphatic rings. The van der Waals surface area contributed by atoms with Crippen molar-refractivity contribution >= 4 is 12.8 Å². The molecule has 3 nitrogen and oxygen atoms in total. The molecule has 0 radical (unpaired) electrons. The van der Waals surface area contributed by atoms with E-state index in [1.807, 2.05) is 44.2 Å². The third-order valence-electron chi connectivity index (χ3n) is 2.15. The highest BCUT2D eigenvalue weighted by Crippen LogP contribution is 2.48. The van der Waals surface area contributed by atoms with Crippen LogP contribution in [0.15, 0.2) is 30.3 Å². The molecule has 1 heterocycles. The van der Waals surface area contributed by atoms with Crippen molar-refractivity contribution in [3.05, 3.63) is 30.3 Å². The Kier molecular flexibility index (Phi) is 2.26. The summed E-state index contributed by atoms with van der Waals surface area (Å²) in [6.45, 7) is 4.45. The molecule has 1 N–H and O–H groups in total. The van der Waals surface area contributed by atoms with Gasteiger partial charge in [-0.3, -0.25) is 4.57 Å². The maximum Gasteiger partial charge on any atom is 0.300 e. The molecule has 0 aliphatic carbocycles. The largest absolute Gasteiger partial charge is 0.312 e. The minimum atomic E-state index is -2.79. The summed E-state index contributed by atoms with van der Waals surface area (Å²) >= 11 is 0. The van der Waals surface area contributed by atoms with E-state index in [0.29, 0.717) is 6.61 Å². The van der Waals surface area contributed by atoms with Crippen molar-refractivity contribution in [3.63, 3.8) is 0 Å². The average Bonchev–Trinajstić information content (AvgIpc) is 2.44. The van der Waals surface area contributed by atoms with Crippen LogP contribution in [-0.4, -0.2) is 12.1 Å². The molecule has 1 saturated heterocycles. The zero-order chi connectivity index (χ0) is 10.2. The highest BCUT2D eigenvalue weighted by Gasteiger charge is 2.40. The van der Waals surface area contributed by atoms with Gasteiger partial charge in [0.25, 0.3) is 7.52 Å².